The van der Waals surface area contributed by atoms with Crippen molar-refractivity contribution in [3.05, 3.63) is 24.5 Å². The van der Waals surface area contributed by atoms with E-state index in [4.69, 9.17) is 0 Å². The van der Waals surface area contributed by atoms with Crippen LogP contribution in [0.2, 0.25) is 0 Å². The lowest BCUT2D eigenvalue weighted by atomic mass is 10.4. The van der Waals surface area contributed by atoms with E-state index in [1.807, 2.05) is 0 Å². The average molecular weight is 112 g/mol. The summed E-state index contributed by atoms with van der Waals surface area (Å²) in [5.74, 6) is -1.93. The monoisotopic (exact) mass is 112 g/mol. The van der Waals surface area contributed by atoms with E-state index in [0.717, 1.165) is 6.08 Å². The first-order chi connectivity index (χ1) is 3.63. The van der Waals surface area contributed by atoms with Crippen molar-refractivity contribution in [3.63, 3.8) is 0 Å². The molecule has 0 bridgehead atoms. The molecule has 0 heterocycles. The van der Waals surface area contributed by atoms with Gasteiger partial charge in [0.25, 0.3) is 0 Å². The van der Waals surface area contributed by atoms with Crippen LogP contribution < -0.4 is 10.2 Å². The number of carbonyl (C=O) groups is 1. The molecule has 0 atom stereocenters. The highest BCUT2D eigenvalue weighted by molar-refractivity contribution is 5.78. The highest BCUT2D eigenvalue weighted by atomic mass is 16.4. The smallest absolute Gasteiger partial charge is 0.0642 e. The van der Waals surface area contributed by atoms with E-state index in [1.165, 1.54) is 0 Å². The lowest BCUT2D eigenvalue weighted by Crippen LogP contribution is -2.19. The largest absolute Gasteiger partial charge is 0.873 e. The SMILES string of the molecule is C=C([O-])/C=C/C(=O)[O-]. The number of allylic oxidation sites excluding steroid dienone is 1. The molecule has 0 saturated carbocycles. The summed E-state index contributed by atoms with van der Waals surface area (Å²) < 4.78 is 0. The van der Waals surface area contributed by atoms with Gasteiger partial charge in [-0.1, -0.05) is 6.08 Å². The summed E-state index contributed by atoms with van der Waals surface area (Å²) in [6, 6.07) is 0. The van der Waals surface area contributed by atoms with Gasteiger partial charge in [0.05, 0.1) is 5.97 Å². The molecule has 0 rings (SSSR count). The van der Waals surface area contributed by atoms with Crippen LogP contribution in [-0.4, -0.2) is 5.97 Å². The minimum Gasteiger partial charge on any atom is -0.873 e. The van der Waals surface area contributed by atoms with Crippen molar-refractivity contribution in [1.82, 2.24) is 0 Å². The third-order valence-electron chi connectivity index (χ3n) is 0.405. The van der Waals surface area contributed by atoms with Gasteiger partial charge in [-0.25, -0.2) is 0 Å². The normalized spacial score (nSPS) is 9.50. The van der Waals surface area contributed by atoms with E-state index >= 15 is 0 Å². The molecule has 3 heteroatoms. The Hall–Kier alpha value is -1.25. The zero-order chi connectivity index (χ0) is 6.57. The quantitative estimate of drug-likeness (QED) is 0.240. The maximum absolute atomic E-state index is 9.86. The molecule has 0 amide bonds. The number of hydrogen-bond acceptors (Lipinski definition) is 3. The molecule has 0 unspecified atom stereocenters. The first kappa shape index (κ1) is 6.75. The van der Waals surface area contributed by atoms with Gasteiger partial charge >= 0.3 is 0 Å². The molecule has 0 aromatic carbocycles. The van der Waals surface area contributed by atoms with Crippen LogP contribution in [-0.2, 0) is 4.79 Å². The predicted molar refractivity (Wildman–Crippen MR) is 23.3 cm³/mol. The van der Waals surface area contributed by atoms with E-state index in [9.17, 15) is 15.0 Å². The zero-order valence-electron chi connectivity index (χ0n) is 4.09. The van der Waals surface area contributed by atoms with E-state index in [-0.39, 0.29) is 0 Å². The molecule has 0 aliphatic carbocycles. The molecule has 0 aromatic rings. The standard InChI is InChI=1S/C5H6O3/c1-4(6)2-3-5(7)8/h2-3,6H,1H2,(H,7,8)/p-2/b3-2+. The fourth-order valence-corrected chi connectivity index (χ4v) is 0.161. The second-order valence-electron chi connectivity index (χ2n) is 1.12. The van der Waals surface area contributed by atoms with Crippen molar-refractivity contribution in [2.45, 2.75) is 0 Å². The molecule has 0 aliphatic rings. The molecule has 0 spiro atoms. The molecule has 44 valence electrons. The molecule has 8 heavy (non-hydrogen) atoms. The topological polar surface area (TPSA) is 63.2 Å². The molecule has 0 fully saturated rings. The number of carboxylic acids is 1. The Morgan fingerprint density at radius 1 is 1.38 bits per heavy atom. The Morgan fingerprint density at radius 2 is 1.88 bits per heavy atom. The maximum Gasteiger partial charge on any atom is 0.0642 e. The van der Waals surface area contributed by atoms with Crippen LogP contribution in [0, 0.1) is 0 Å². The Labute approximate surface area is 46.6 Å². The van der Waals surface area contributed by atoms with Gasteiger partial charge in [-0.2, -0.15) is 0 Å². The lowest BCUT2D eigenvalue weighted by Gasteiger charge is -1.99. The van der Waals surface area contributed by atoms with Gasteiger partial charge < -0.3 is 15.0 Å². The summed E-state index contributed by atoms with van der Waals surface area (Å²) in [6.07, 6.45) is 1.46. The van der Waals surface area contributed by atoms with Crippen LogP contribution in [0.15, 0.2) is 24.5 Å². The third-order valence-corrected chi connectivity index (χ3v) is 0.405. The Bertz CT molecular complexity index is 119. The zero-order valence-corrected chi connectivity index (χ0v) is 4.09. The predicted octanol–water partition coefficient (Wildman–Crippen LogP) is -1.83. The van der Waals surface area contributed by atoms with Gasteiger partial charge in [-0.3, -0.25) is 0 Å². The Morgan fingerprint density at radius 3 is 2.00 bits per heavy atom. The van der Waals surface area contributed by atoms with Crippen molar-refractivity contribution in [3.8, 4) is 0 Å². The van der Waals surface area contributed by atoms with Gasteiger partial charge in [0.2, 0.25) is 0 Å². The van der Waals surface area contributed by atoms with Crippen molar-refractivity contribution < 1.29 is 15.0 Å². The number of hydrogen-bond donors (Lipinski definition) is 0. The number of rotatable bonds is 2. The van der Waals surface area contributed by atoms with E-state index in [1.54, 1.807) is 0 Å². The van der Waals surface area contributed by atoms with Crippen LogP contribution in [0.3, 0.4) is 0 Å². The average Bonchev–Trinajstić information content (AvgIpc) is 1.61. The van der Waals surface area contributed by atoms with Crippen LogP contribution in [0.1, 0.15) is 0 Å². The summed E-state index contributed by atoms with van der Waals surface area (Å²) in [6.45, 7) is 2.89. The third kappa shape index (κ3) is 4.75. The first-order valence-electron chi connectivity index (χ1n) is 1.88. The van der Waals surface area contributed by atoms with Gasteiger partial charge in [-0.15, -0.1) is 12.3 Å². The summed E-state index contributed by atoms with van der Waals surface area (Å²) >= 11 is 0. The van der Waals surface area contributed by atoms with Crippen molar-refractivity contribution in [1.29, 1.82) is 0 Å². The van der Waals surface area contributed by atoms with Crippen LogP contribution in [0.4, 0.5) is 0 Å². The highest BCUT2D eigenvalue weighted by Gasteiger charge is 1.66. The van der Waals surface area contributed by atoms with Gasteiger partial charge in [-0.05, 0) is 6.08 Å². The minimum absolute atomic E-state index is 0.547. The van der Waals surface area contributed by atoms with E-state index in [2.05, 4.69) is 6.58 Å². The Kier molecular flexibility index (Phi) is 2.40. The van der Waals surface area contributed by atoms with Crippen molar-refractivity contribution in [2.75, 3.05) is 0 Å². The fourth-order valence-electron chi connectivity index (χ4n) is 0.161. The summed E-state index contributed by atoms with van der Waals surface area (Å²) in [5, 5.41) is 19.4. The molecule has 0 aliphatic heterocycles. The lowest BCUT2D eigenvalue weighted by molar-refractivity contribution is -0.300. The number of carbonyl (C=O) groups excluding carboxylic acids is 1. The molecular formula is C5H4O3-2. The van der Waals surface area contributed by atoms with Gasteiger partial charge in [0.1, 0.15) is 0 Å². The van der Waals surface area contributed by atoms with Crippen molar-refractivity contribution >= 4 is 5.97 Å². The van der Waals surface area contributed by atoms with Gasteiger partial charge in [0, 0.05) is 0 Å². The fraction of sp³-hybridized carbons (Fsp3) is 0. The summed E-state index contributed by atoms with van der Waals surface area (Å²) in [4.78, 5) is 9.53. The van der Waals surface area contributed by atoms with Crippen LogP contribution >= 0.6 is 0 Å². The maximum atomic E-state index is 9.86. The first-order valence-corrected chi connectivity index (χ1v) is 1.88. The second kappa shape index (κ2) is 2.85. The molecule has 0 saturated heterocycles. The second-order valence-corrected chi connectivity index (χ2v) is 1.12. The van der Waals surface area contributed by atoms with Gasteiger partial charge in [0.15, 0.2) is 0 Å². The molecular weight excluding hydrogens is 108 g/mol. The summed E-state index contributed by atoms with van der Waals surface area (Å²) in [5.41, 5.74) is 0. The Balaban J connectivity index is 3.67. The minimum atomic E-state index is -1.39. The van der Waals surface area contributed by atoms with E-state index < -0.39 is 11.7 Å². The molecule has 0 aromatic heterocycles. The van der Waals surface area contributed by atoms with E-state index in [0.29, 0.717) is 6.08 Å². The van der Waals surface area contributed by atoms with Crippen LogP contribution in [0.25, 0.3) is 0 Å². The number of aliphatic carboxylic acids is 1. The van der Waals surface area contributed by atoms with Crippen LogP contribution in [0.5, 0.6) is 0 Å². The molecule has 0 radical (unpaired) electrons. The highest BCUT2D eigenvalue weighted by Crippen LogP contribution is 1.76. The van der Waals surface area contributed by atoms with Crippen molar-refractivity contribution in [2.24, 2.45) is 0 Å². The molecule has 3 nitrogen and oxygen atoms in total. The molecule has 0 N–H and O–H groups in total. The number of carboxylic acid groups (broad SMARTS) is 1. The summed E-state index contributed by atoms with van der Waals surface area (Å²) in [7, 11) is 0.